The van der Waals surface area contributed by atoms with Crippen LogP contribution in [-0.2, 0) is 10.9 Å². The molecule has 0 aromatic heterocycles. The molecule has 3 fully saturated rings. The summed E-state index contributed by atoms with van der Waals surface area (Å²) in [5, 5.41) is 11.1. The second-order valence-corrected chi connectivity index (χ2v) is 8.28. The first-order valence-corrected chi connectivity index (χ1v) is 10.0. The van der Waals surface area contributed by atoms with Gasteiger partial charge in [-0.05, 0) is 61.5 Å². The van der Waals surface area contributed by atoms with Crippen LogP contribution < -0.4 is 9.84 Å². The minimum Gasteiger partial charge on any atom is -0.545 e. The number of hydrogen-bond donors (Lipinski definition) is 0. The van der Waals surface area contributed by atoms with Crippen LogP contribution in [-0.4, -0.2) is 18.4 Å². The SMILES string of the molecule is CCC(Oc1cc(C(=O)[O-])ccc1C(F)(F)F)OC1CC2CC1C1CCCC21. The van der Waals surface area contributed by atoms with Crippen molar-refractivity contribution >= 4 is 5.97 Å². The Labute approximate surface area is 162 Å². The fraction of sp³-hybridized carbons (Fsp3) is 0.667. The molecular weight excluding hydrogens is 373 g/mol. The standard InChI is InChI=1S/C21H25F3O4/c1-2-19(27-17-10-12-8-15(17)14-5-3-4-13(12)14)28-18-9-11(20(25)26)6-7-16(18)21(22,23)24/h6-7,9,12-15,17,19H,2-5,8,10H2,1H3,(H,25,26)/p-1. The van der Waals surface area contributed by atoms with E-state index in [9.17, 15) is 23.1 Å². The van der Waals surface area contributed by atoms with Gasteiger partial charge in [-0.2, -0.15) is 13.2 Å². The van der Waals surface area contributed by atoms with Crippen LogP contribution in [0.4, 0.5) is 13.2 Å². The highest BCUT2D eigenvalue weighted by atomic mass is 19.4. The van der Waals surface area contributed by atoms with Crippen LogP contribution >= 0.6 is 0 Å². The van der Waals surface area contributed by atoms with Gasteiger partial charge in [0, 0.05) is 12.0 Å². The maximum Gasteiger partial charge on any atom is 0.419 e. The van der Waals surface area contributed by atoms with E-state index in [1.165, 1.54) is 19.3 Å². The second-order valence-electron chi connectivity index (χ2n) is 8.28. The molecule has 0 radical (unpaired) electrons. The smallest absolute Gasteiger partial charge is 0.419 e. The van der Waals surface area contributed by atoms with E-state index in [0.717, 1.165) is 30.9 Å². The van der Waals surface area contributed by atoms with Crippen LogP contribution in [0.25, 0.3) is 0 Å². The lowest BCUT2D eigenvalue weighted by Gasteiger charge is -2.34. The summed E-state index contributed by atoms with van der Waals surface area (Å²) >= 11 is 0. The summed E-state index contributed by atoms with van der Waals surface area (Å²) in [4.78, 5) is 11.1. The highest BCUT2D eigenvalue weighted by molar-refractivity contribution is 5.86. The normalized spacial score (nSPS) is 32.4. The number of halogens is 3. The highest BCUT2D eigenvalue weighted by Crippen LogP contribution is 2.59. The molecule has 3 aliphatic rings. The van der Waals surface area contributed by atoms with Gasteiger partial charge in [0.1, 0.15) is 5.75 Å². The Morgan fingerprint density at radius 2 is 1.96 bits per heavy atom. The van der Waals surface area contributed by atoms with E-state index in [-0.39, 0.29) is 11.7 Å². The molecule has 1 aromatic rings. The Balaban J connectivity index is 1.51. The van der Waals surface area contributed by atoms with Crippen LogP contribution in [0, 0.1) is 23.7 Å². The molecule has 0 saturated heterocycles. The molecule has 1 aromatic carbocycles. The third-order valence-electron chi connectivity index (χ3n) is 6.81. The molecule has 0 N–H and O–H groups in total. The highest BCUT2D eigenvalue weighted by Gasteiger charge is 2.54. The van der Waals surface area contributed by atoms with Gasteiger partial charge in [0.05, 0.1) is 17.6 Å². The number of benzene rings is 1. The van der Waals surface area contributed by atoms with E-state index in [1.807, 2.05) is 0 Å². The van der Waals surface area contributed by atoms with Crippen LogP contribution in [0.3, 0.4) is 0 Å². The summed E-state index contributed by atoms with van der Waals surface area (Å²) in [7, 11) is 0. The number of carboxylic acids is 1. The summed E-state index contributed by atoms with van der Waals surface area (Å²) < 4.78 is 51.7. The van der Waals surface area contributed by atoms with Crippen LogP contribution in [0.1, 0.15) is 61.4 Å². The number of carboxylic acid groups (broad SMARTS) is 1. The van der Waals surface area contributed by atoms with E-state index in [2.05, 4.69) is 0 Å². The molecule has 0 aliphatic heterocycles. The zero-order valence-electron chi connectivity index (χ0n) is 15.7. The van der Waals surface area contributed by atoms with E-state index >= 15 is 0 Å². The summed E-state index contributed by atoms with van der Waals surface area (Å²) in [6.45, 7) is 1.78. The van der Waals surface area contributed by atoms with Gasteiger partial charge in [-0.25, -0.2) is 0 Å². The van der Waals surface area contributed by atoms with Gasteiger partial charge in [-0.1, -0.05) is 19.4 Å². The lowest BCUT2D eigenvalue weighted by molar-refractivity contribution is -0.255. The average molecular weight is 397 g/mol. The molecule has 0 heterocycles. The van der Waals surface area contributed by atoms with Gasteiger partial charge in [0.2, 0.25) is 0 Å². The van der Waals surface area contributed by atoms with Gasteiger partial charge in [0.25, 0.3) is 0 Å². The Bertz CT molecular complexity index is 748. The van der Waals surface area contributed by atoms with E-state index in [1.54, 1.807) is 6.92 Å². The molecule has 4 rings (SSSR count). The van der Waals surface area contributed by atoms with Crippen molar-refractivity contribution < 1.29 is 32.5 Å². The molecule has 0 spiro atoms. The topological polar surface area (TPSA) is 58.6 Å². The number of alkyl halides is 3. The van der Waals surface area contributed by atoms with Crippen molar-refractivity contribution in [2.45, 2.75) is 64.0 Å². The Kier molecular flexibility index (Phi) is 5.06. The Morgan fingerprint density at radius 1 is 1.21 bits per heavy atom. The van der Waals surface area contributed by atoms with E-state index < -0.39 is 29.7 Å². The first kappa shape index (κ1) is 19.6. The molecule has 4 nitrogen and oxygen atoms in total. The first-order valence-electron chi connectivity index (χ1n) is 10.0. The van der Waals surface area contributed by atoms with Crippen LogP contribution in [0.2, 0.25) is 0 Å². The molecule has 28 heavy (non-hydrogen) atoms. The minimum atomic E-state index is -4.65. The fourth-order valence-corrected chi connectivity index (χ4v) is 5.69. The van der Waals surface area contributed by atoms with Gasteiger partial charge >= 0.3 is 6.18 Å². The zero-order chi connectivity index (χ0) is 20.1. The zero-order valence-corrected chi connectivity index (χ0v) is 15.7. The van der Waals surface area contributed by atoms with Gasteiger partial charge in [0.15, 0.2) is 6.29 Å². The number of ether oxygens (including phenoxy) is 2. The quantitative estimate of drug-likeness (QED) is 0.680. The number of aromatic carboxylic acids is 1. The summed E-state index contributed by atoms with van der Waals surface area (Å²) in [5.74, 6) is 0.519. The molecule has 0 amide bonds. The summed E-state index contributed by atoms with van der Waals surface area (Å²) in [6, 6.07) is 2.47. The second kappa shape index (κ2) is 7.25. The number of hydrogen-bond acceptors (Lipinski definition) is 4. The van der Waals surface area contributed by atoms with E-state index in [4.69, 9.17) is 9.47 Å². The third kappa shape index (κ3) is 3.49. The lowest BCUT2D eigenvalue weighted by atomic mass is 9.80. The Hall–Kier alpha value is -1.76. The average Bonchev–Trinajstić information content (AvgIpc) is 3.33. The van der Waals surface area contributed by atoms with Crippen molar-refractivity contribution in [3.8, 4) is 5.75 Å². The van der Waals surface area contributed by atoms with Crippen LogP contribution in [0.5, 0.6) is 5.75 Å². The van der Waals surface area contributed by atoms with E-state index in [0.29, 0.717) is 30.2 Å². The monoisotopic (exact) mass is 397 g/mol. The lowest BCUT2D eigenvalue weighted by Crippen LogP contribution is -2.35. The molecule has 3 aliphatic carbocycles. The van der Waals surface area contributed by atoms with Crippen molar-refractivity contribution in [3.63, 3.8) is 0 Å². The largest absolute Gasteiger partial charge is 0.545 e. The minimum absolute atomic E-state index is 0.00737. The molecule has 3 saturated carbocycles. The number of rotatable bonds is 6. The fourth-order valence-electron chi connectivity index (χ4n) is 5.69. The maximum atomic E-state index is 13.3. The molecule has 6 unspecified atom stereocenters. The van der Waals surface area contributed by atoms with Crippen molar-refractivity contribution in [2.24, 2.45) is 23.7 Å². The first-order chi connectivity index (χ1) is 13.3. The van der Waals surface area contributed by atoms with Gasteiger partial charge in [-0.15, -0.1) is 0 Å². The van der Waals surface area contributed by atoms with Crippen LogP contribution in [0.15, 0.2) is 18.2 Å². The predicted molar refractivity (Wildman–Crippen MR) is 92.4 cm³/mol. The van der Waals surface area contributed by atoms with Crippen molar-refractivity contribution in [1.82, 2.24) is 0 Å². The number of carbonyl (C=O) groups excluding carboxylic acids is 1. The third-order valence-corrected chi connectivity index (χ3v) is 6.81. The number of fused-ring (bicyclic) bond motifs is 5. The van der Waals surface area contributed by atoms with Crippen molar-refractivity contribution in [1.29, 1.82) is 0 Å². The summed E-state index contributed by atoms with van der Waals surface area (Å²) in [5.41, 5.74) is -1.37. The van der Waals surface area contributed by atoms with Crippen molar-refractivity contribution in [3.05, 3.63) is 29.3 Å². The van der Waals surface area contributed by atoms with Gasteiger partial charge in [-0.3, -0.25) is 0 Å². The maximum absolute atomic E-state index is 13.3. The molecule has 7 heteroatoms. The molecule has 154 valence electrons. The van der Waals surface area contributed by atoms with Crippen molar-refractivity contribution in [2.75, 3.05) is 0 Å². The molecule has 6 atom stereocenters. The summed E-state index contributed by atoms with van der Waals surface area (Å²) in [6.07, 6.45) is 0.730. The Morgan fingerprint density at radius 3 is 2.64 bits per heavy atom. The predicted octanol–water partition coefficient (Wildman–Crippen LogP) is 4.03. The van der Waals surface area contributed by atoms with Gasteiger partial charge < -0.3 is 19.4 Å². The molecule has 2 bridgehead atoms. The molecular formula is C21H24F3O4-. The number of carbonyl (C=O) groups is 1.